The van der Waals surface area contributed by atoms with E-state index < -0.39 is 0 Å². The molecular formula is C14H14ClN3O. The van der Waals surface area contributed by atoms with E-state index >= 15 is 0 Å². The van der Waals surface area contributed by atoms with Crippen LogP contribution in [0.15, 0.2) is 36.5 Å². The van der Waals surface area contributed by atoms with Crippen LogP contribution < -0.4 is 10.6 Å². The van der Waals surface area contributed by atoms with E-state index in [-0.39, 0.29) is 6.03 Å². The molecule has 0 bridgehead atoms. The summed E-state index contributed by atoms with van der Waals surface area (Å²) in [5, 5.41) is 6.02. The van der Waals surface area contributed by atoms with Crippen molar-refractivity contribution in [2.24, 2.45) is 0 Å². The van der Waals surface area contributed by atoms with Crippen LogP contribution in [0.2, 0.25) is 5.02 Å². The van der Waals surface area contributed by atoms with Gasteiger partial charge in [0.1, 0.15) is 5.82 Å². The van der Waals surface area contributed by atoms with Crippen molar-refractivity contribution < 1.29 is 4.79 Å². The van der Waals surface area contributed by atoms with Gasteiger partial charge in [0.15, 0.2) is 0 Å². The Balaban J connectivity index is 2.05. The minimum atomic E-state index is -0.346. The van der Waals surface area contributed by atoms with Crippen LogP contribution in [0.25, 0.3) is 0 Å². The summed E-state index contributed by atoms with van der Waals surface area (Å²) in [7, 11) is 0. The quantitative estimate of drug-likeness (QED) is 0.870. The zero-order chi connectivity index (χ0) is 13.8. The molecule has 19 heavy (non-hydrogen) atoms. The zero-order valence-corrected chi connectivity index (χ0v) is 11.5. The molecule has 1 aromatic carbocycles. The Morgan fingerprint density at radius 2 is 1.95 bits per heavy atom. The molecule has 0 aliphatic rings. The third-order valence-electron chi connectivity index (χ3n) is 2.67. The molecule has 2 amide bonds. The summed E-state index contributed by atoms with van der Waals surface area (Å²) in [5.41, 5.74) is 2.51. The van der Waals surface area contributed by atoms with Gasteiger partial charge in [-0.3, -0.25) is 5.32 Å². The van der Waals surface area contributed by atoms with Crippen molar-refractivity contribution >= 4 is 29.1 Å². The molecule has 2 rings (SSSR count). The standard InChI is InChI=1S/C14H14ClN3O/c1-9-5-6-11(8-12(9)15)17-14(19)18-13-10(2)4-3-7-16-13/h3-8H,1-2H3,(H2,16,17,18,19). The predicted octanol–water partition coefficient (Wildman–Crippen LogP) is 4.00. The molecule has 0 spiro atoms. The van der Waals surface area contributed by atoms with E-state index in [1.807, 2.05) is 32.0 Å². The molecule has 2 N–H and O–H groups in total. The van der Waals surface area contributed by atoms with Gasteiger partial charge in [-0.1, -0.05) is 23.7 Å². The van der Waals surface area contributed by atoms with Crippen LogP contribution in [0.5, 0.6) is 0 Å². The summed E-state index contributed by atoms with van der Waals surface area (Å²) in [6.07, 6.45) is 1.63. The highest BCUT2D eigenvalue weighted by Crippen LogP contribution is 2.20. The highest BCUT2D eigenvalue weighted by Gasteiger charge is 2.06. The smallest absolute Gasteiger partial charge is 0.308 e. The Morgan fingerprint density at radius 3 is 2.63 bits per heavy atom. The van der Waals surface area contributed by atoms with Gasteiger partial charge in [-0.2, -0.15) is 0 Å². The number of aromatic nitrogens is 1. The normalized spacial score (nSPS) is 10.1. The Labute approximate surface area is 116 Å². The van der Waals surface area contributed by atoms with E-state index in [9.17, 15) is 4.79 Å². The Morgan fingerprint density at radius 1 is 1.16 bits per heavy atom. The number of carbonyl (C=O) groups is 1. The summed E-state index contributed by atoms with van der Waals surface area (Å²) in [6.45, 7) is 3.79. The summed E-state index contributed by atoms with van der Waals surface area (Å²) >= 11 is 6.00. The van der Waals surface area contributed by atoms with Crippen molar-refractivity contribution in [2.75, 3.05) is 10.6 Å². The lowest BCUT2D eigenvalue weighted by molar-refractivity contribution is 0.262. The van der Waals surface area contributed by atoms with Crippen LogP contribution in [0.3, 0.4) is 0 Å². The molecule has 1 heterocycles. The average molecular weight is 276 g/mol. The van der Waals surface area contributed by atoms with Crippen LogP contribution in [-0.2, 0) is 0 Å². The zero-order valence-electron chi connectivity index (χ0n) is 10.7. The molecule has 4 nitrogen and oxygen atoms in total. The van der Waals surface area contributed by atoms with Crippen molar-refractivity contribution in [2.45, 2.75) is 13.8 Å². The van der Waals surface area contributed by atoms with Gasteiger partial charge in [0.05, 0.1) is 0 Å². The first kappa shape index (κ1) is 13.4. The van der Waals surface area contributed by atoms with Gasteiger partial charge in [0, 0.05) is 16.9 Å². The second-order valence-electron chi connectivity index (χ2n) is 4.21. The second kappa shape index (κ2) is 5.71. The van der Waals surface area contributed by atoms with E-state index in [1.165, 1.54) is 0 Å². The molecule has 0 fully saturated rings. The number of carbonyl (C=O) groups excluding carboxylic acids is 1. The number of nitrogens with zero attached hydrogens (tertiary/aromatic N) is 1. The summed E-state index contributed by atoms with van der Waals surface area (Å²) in [5.74, 6) is 0.540. The number of pyridine rings is 1. The van der Waals surface area contributed by atoms with Gasteiger partial charge >= 0.3 is 6.03 Å². The molecule has 1 aromatic heterocycles. The Hall–Kier alpha value is -2.07. The minimum absolute atomic E-state index is 0.346. The number of hydrogen-bond acceptors (Lipinski definition) is 2. The maximum absolute atomic E-state index is 11.8. The first-order valence-corrected chi connectivity index (χ1v) is 6.20. The van der Waals surface area contributed by atoms with E-state index in [0.717, 1.165) is 11.1 Å². The van der Waals surface area contributed by atoms with Crippen LogP contribution in [0, 0.1) is 13.8 Å². The van der Waals surface area contributed by atoms with E-state index in [0.29, 0.717) is 16.5 Å². The number of halogens is 1. The van der Waals surface area contributed by atoms with Crippen molar-refractivity contribution in [1.29, 1.82) is 0 Å². The molecule has 0 atom stereocenters. The van der Waals surface area contributed by atoms with Gasteiger partial charge in [-0.25, -0.2) is 9.78 Å². The highest BCUT2D eigenvalue weighted by molar-refractivity contribution is 6.31. The topological polar surface area (TPSA) is 54.0 Å². The van der Waals surface area contributed by atoms with Crippen LogP contribution >= 0.6 is 11.6 Å². The number of benzene rings is 1. The number of anilines is 2. The lowest BCUT2D eigenvalue weighted by Gasteiger charge is -2.09. The van der Waals surface area contributed by atoms with Crippen LogP contribution in [-0.4, -0.2) is 11.0 Å². The van der Waals surface area contributed by atoms with Crippen LogP contribution in [0.4, 0.5) is 16.3 Å². The van der Waals surface area contributed by atoms with Gasteiger partial charge in [0.2, 0.25) is 0 Å². The first-order chi connectivity index (χ1) is 9.06. The number of amides is 2. The third-order valence-corrected chi connectivity index (χ3v) is 3.08. The van der Waals surface area contributed by atoms with Crippen LogP contribution in [0.1, 0.15) is 11.1 Å². The maximum atomic E-state index is 11.8. The van der Waals surface area contributed by atoms with Gasteiger partial charge < -0.3 is 5.32 Å². The Bertz CT molecular complexity index is 613. The largest absolute Gasteiger partial charge is 0.324 e. The maximum Gasteiger partial charge on any atom is 0.324 e. The summed E-state index contributed by atoms with van der Waals surface area (Å²) < 4.78 is 0. The van der Waals surface area contributed by atoms with Gasteiger partial charge in [0.25, 0.3) is 0 Å². The fourth-order valence-electron chi connectivity index (χ4n) is 1.56. The molecule has 0 aliphatic heterocycles. The van der Waals surface area contributed by atoms with Crippen molar-refractivity contribution in [3.05, 3.63) is 52.7 Å². The van der Waals surface area contributed by atoms with Crippen molar-refractivity contribution in [3.63, 3.8) is 0 Å². The van der Waals surface area contributed by atoms with E-state index in [2.05, 4.69) is 15.6 Å². The molecule has 0 radical (unpaired) electrons. The average Bonchev–Trinajstić information content (AvgIpc) is 2.37. The third kappa shape index (κ3) is 3.45. The molecule has 0 saturated carbocycles. The Kier molecular flexibility index (Phi) is 4.02. The van der Waals surface area contributed by atoms with E-state index in [4.69, 9.17) is 11.6 Å². The fraction of sp³-hybridized carbons (Fsp3) is 0.143. The molecule has 5 heteroatoms. The van der Waals surface area contributed by atoms with Crippen molar-refractivity contribution in [3.8, 4) is 0 Å². The highest BCUT2D eigenvalue weighted by atomic mass is 35.5. The number of hydrogen-bond donors (Lipinski definition) is 2. The van der Waals surface area contributed by atoms with Gasteiger partial charge in [-0.15, -0.1) is 0 Å². The van der Waals surface area contributed by atoms with E-state index in [1.54, 1.807) is 18.3 Å². The van der Waals surface area contributed by atoms with Gasteiger partial charge in [-0.05, 0) is 43.2 Å². The fourth-order valence-corrected chi connectivity index (χ4v) is 1.74. The predicted molar refractivity (Wildman–Crippen MR) is 77.8 cm³/mol. The monoisotopic (exact) mass is 275 g/mol. The molecule has 98 valence electrons. The number of nitrogens with one attached hydrogen (secondary N) is 2. The summed E-state index contributed by atoms with van der Waals surface area (Å²) in [6, 6.07) is 8.71. The first-order valence-electron chi connectivity index (χ1n) is 5.82. The lowest BCUT2D eigenvalue weighted by atomic mass is 10.2. The number of urea groups is 1. The molecule has 0 aliphatic carbocycles. The number of rotatable bonds is 2. The SMILES string of the molecule is Cc1ccc(NC(=O)Nc2ncccc2C)cc1Cl. The molecule has 2 aromatic rings. The number of aryl methyl sites for hydroxylation is 2. The molecular weight excluding hydrogens is 262 g/mol. The second-order valence-corrected chi connectivity index (χ2v) is 4.62. The minimum Gasteiger partial charge on any atom is -0.308 e. The molecule has 0 unspecified atom stereocenters. The lowest BCUT2D eigenvalue weighted by Crippen LogP contribution is -2.20. The molecule has 0 saturated heterocycles. The van der Waals surface area contributed by atoms with Crippen molar-refractivity contribution in [1.82, 2.24) is 4.98 Å². The summed E-state index contributed by atoms with van der Waals surface area (Å²) in [4.78, 5) is 15.9.